The molecule has 0 atom stereocenters. The Balaban J connectivity index is 2.03. The molecule has 158 valence electrons. The molecule has 1 amide bonds. The number of sulfonamides is 1. The fraction of sp³-hybridized carbons (Fsp3) is 0.600. The highest BCUT2D eigenvalue weighted by Crippen LogP contribution is 2.39. The molecule has 9 heteroatoms. The Hall–Kier alpha value is -1.89. The SMILES string of the molecule is CC#CC(=O)N1CCc2c(sc(S(=O)(=O)N(CCC)CC3CC3)c2C(=O)OC)C1. The Labute approximate surface area is 176 Å². The minimum atomic E-state index is -3.83. The van der Waals surface area contributed by atoms with E-state index in [2.05, 4.69) is 11.8 Å². The van der Waals surface area contributed by atoms with Gasteiger partial charge in [-0.05, 0) is 50.0 Å². The number of methoxy groups -OCH3 is 1. The number of nitrogens with zero attached hydrogens (tertiary/aromatic N) is 2. The molecule has 0 saturated heterocycles. The monoisotopic (exact) mass is 438 g/mol. The Bertz CT molecular complexity index is 967. The van der Waals surface area contributed by atoms with Gasteiger partial charge < -0.3 is 9.64 Å². The second-order valence-electron chi connectivity index (χ2n) is 7.32. The van der Waals surface area contributed by atoms with E-state index < -0.39 is 16.0 Å². The number of carbonyl (C=O) groups is 2. The number of amides is 1. The molecular weight excluding hydrogens is 412 g/mol. The van der Waals surface area contributed by atoms with Crippen LogP contribution >= 0.6 is 11.3 Å². The third-order valence-electron chi connectivity index (χ3n) is 5.14. The number of esters is 1. The van der Waals surface area contributed by atoms with Crippen LogP contribution in [0.15, 0.2) is 4.21 Å². The molecule has 1 fully saturated rings. The van der Waals surface area contributed by atoms with E-state index in [9.17, 15) is 18.0 Å². The lowest BCUT2D eigenvalue weighted by atomic mass is 10.0. The van der Waals surface area contributed by atoms with E-state index in [-0.39, 0.29) is 22.2 Å². The quantitative estimate of drug-likeness (QED) is 0.482. The van der Waals surface area contributed by atoms with E-state index in [1.54, 1.807) is 11.8 Å². The van der Waals surface area contributed by atoms with Crippen molar-refractivity contribution in [1.29, 1.82) is 0 Å². The summed E-state index contributed by atoms with van der Waals surface area (Å²) in [5.41, 5.74) is 0.815. The van der Waals surface area contributed by atoms with Crippen LogP contribution in [0.4, 0.5) is 0 Å². The average Bonchev–Trinajstić information content (AvgIpc) is 3.43. The first-order chi connectivity index (χ1) is 13.8. The summed E-state index contributed by atoms with van der Waals surface area (Å²) in [6, 6.07) is 0. The maximum Gasteiger partial charge on any atom is 0.340 e. The van der Waals surface area contributed by atoms with Crippen molar-refractivity contribution in [3.8, 4) is 11.8 Å². The van der Waals surface area contributed by atoms with Gasteiger partial charge in [0.1, 0.15) is 4.21 Å². The van der Waals surface area contributed by atoms with Gasteiger partial charge in [-0.3, -0.25) is 4.79 Å². The second kappa shape index (κ2) is 8.86. The molecule has 1 aromatic heterocycles. The van der Waals surface area contributed by atoms with Gasteiger partial charge in [0.15, 0.2) is 0 Å². The topological polar surface area (TPSA) is 84.0 Å². The van der Waals surface area contributed by atoms with Crippen molar-refractivity contribution in [2.45, 2.75) is 50.3 Å². The molecule has 7 nitrogen and oxygen atoms in total. The molecule has 29 heavy (non-hydrogen) atoms. The molecular formula is C20H26N2O5S2. The van der Waals surface area contributed by atoms with Gasteiger partial charge in [0, 0.05) is 24.5 Å². The number of carbonyl (C=O) groups excluding carboxylic acids is 2. The van der Waals surface area contributed by atoms with Gasteiger partial charge in [0.25, 0.3) is 15.9 Å². The summed E-state index contributed by atoms with van der Waals surface area (Å²) in [4.78, 5) is 27.0. The van der Waals surface area contributed by atoms with Crippen LogP contribution in [0.25, 0.3) is 0 Å². The predicted molar refractivity (Wildman–Crippen MR) is 110 cm³/mol. The zero-order chi connectivity index (χ0) is 21.2. The van der Waals surface area contributed by atoms with Crippen LogP contribution in [-0.4, -0.2) is 56.2 Å². The van der Waals surface area contributed by atoms with Crippen LogP contribution in [0.1, 0.15) is 53.9 Å². The minimum absolute atomic E-state index is 0.0410. The smallest absolute Gasteiger partial charge is 0.340 e. The first-order valence-corrected chi connectivity index (χ1v) is 12.0. The molecule has 1 aliphatic carbocycles. The number of hydrogen-bond donors (Lipinski definition) is 0. The fourth-order valence-electron chi connectivity index (χ4n) is 3.49. The van der Waals surface area contributed by atoms with E-state index in [0.717, 1.165) is 24.2 Å². The van der Waals surface area contributed by atoms with Gasteiger partial charge >= 0.3 is 5.97 Å². The van der Waals surface area contributed by atoms with Gasteiger partial charge in [-0.2, -0.15) is 4.31 Å². The summed E-state index contributed by atoms with van der Waals surface area (Å²) in [6.45, 7) is 5.08. The molecule has 2 aliphatic rings. The zero-order valence-electron chi connectivity index (χ0n) is 17.0. The largest absolute Gasteiger partial charge is 0.465 e. The first kappa shape index (κ1) is 21.8. The van der Waals surface area contributed by atoms with E-state index in [1.807, 2.05) is 6.92 Å². The van der Waals surface area contributed by atoms with E-state index in [0.29, 0.717) is 48.8 Å². The van der Waals surface area contributed by atoms with Crippen molar-refractivity contribution in [3.05, 3.63) is 16.0 Å². The highest BCUT2D eigenvalue weighted by molar-refractivity contribution is 7.91. The molecule has 1 aromatic rings. The van der Waals surface area contributed by atoms with Crippen LogP contribution in [0.5, 0.6) is 0 Å². The highest BCUT2D eigenvalue weighted by Gasteiger charge is 2.39. The van der Waals surface area contributed by atoms with Crippen LogP contribution < -0.4 is 0 Å². The summed E-state index contributed by atoms with van der Waals surface area (Å²) < 4.78 is 33.4. The molecule has 0 spiro atoms. The maximum absolute atomic E-state index is 13.5. The van der Waals surface area contributed by atoms with E-state index in [1.165, 1.54) is 11.4 Å². The van der Waals surface area contributed by atoms with Crippen LogP contribution in [0.2, 0.25) is 0 Å². The summed E-state index contributed by atoms with van der Waals surface area (Å²) in [5, 5.41) is 0. The zero-order valence-corrected chi connectivity index (χ0v) is 18.6. The van der Waals surface area contributed by atoms with Crippen molar-refractivity contribution < 1.29 is 22.7 Å². The van der Waals surface area contributed by atoms with Gasteiger partial charge in [-0.15, -0.1) is 11.3 Å². The molecule has 0 unspecified atom stereocenters. The van der Waals surface area contributed by atoms with Crippen LogP contribution in [0, 0.1) is 17.8 Å². The lowest BCUT2D eigenvalue weighted by Crippen LogP contribution is -2.35. The summed E-state index contributed by atoms with van der Waals surface area (Å²) >= 11 is 1.08. The maximum atomic E-state index is 13.5. The lowest BCUT2D eigenvalue weighted by Gasteiger charge is -2.25. The Morgan fingerprint density at radius 3 is 2.66 bits per heavy atom. The lowest BCUT2D eigenvalue weighted by molar-refractivity contribution is -0.125. The average molecular weight is 439 g/mol. The number of hydrogen-bond acceptors (Lipinski definition) is 6. The second-order valence-corrected chi connectivity index (χ2v) is 10.6. The van der Waals surface area contributed by atoms with Crippen molar-refractivity contribution >= 4 is 33.2 Å². The molecule has 3 rings (SSSR count). The standard InChI is InChI=1S/C20H26N2O5S2/c1-4-6-17(23)21-11-9-15-16(13-21)28-20(18(15)19(24)27-3)29(25,26)22(10-5-2)12-14-7-8-14/h14H,5,7-13H2,1-3H3. The number of rotatable bonds is 7. The van der Waals surface area contributed by atoms with Gasteiger partial charge in [0.2, 0.25) is 0 Å². The molecule has 0 radical (unpaired) electrons. The minimum Gasteiger partial charge on any atom is -0.465 e. The molecule has 0 N–H and O–H groups in total. The number of ether oxygens (including phenoxy) is 1. The third-order valence-corrected chi connectivity index (χ3v) is 8.72. The molecule has 0 bridgehead atoms. The van der Waals surface area contributed by atoms with Gasteiger partial charge in [-0.25, -0.2) is 13.2 Å². The fourth-order valence-corrected chi connectivity index (χ4v) is 7.14. The molecule has 0 aromatic carbocycles. The molecule has 2 heterocycles. The van der Waals surface area contributed by atoms with E-state index in [4.69, 9.17) is 4.74 Å². The summed E-state index contributed by atoms with van der Waals surface area (Å²) in [6.07, 6.45) is 3.17. The Morgan fingerprint density at radius 1 is 1.34 bits per heavy atom. The predicted octanol–water partition coefficient (Wildman–Crippen LogP) is 2.25. The van der Waals surface area contributed by atoms with Crippen molar-refractivity contribution in [2.24, 2.45) is 5.92 Å². The normalized spacial score (nSPS) is 16.2. The van der Waals surface area contributed by atoms with Gasteiger partial charge in [-0.1, -0.05) is 12.8 Å². The van der Waals surface area contributed by atoms with Crippen molar-refractivity contribution in [1.82, 2.24) is 9.21 Å². The third kappa shape index (κ3) is 4.49. The Morgan fingerprint density at radius 2 is 2.07 bits per heavy atom. The van der Waals surface area contributed by atoms with Crippen LogP contribution in [0.3, 0.4) is 0 Å². The van der Waals surface area contributed by atoms with Crippen molar-refractivity contribution in [3.63, 3.8) is 0 Å². The first-order valence-electron chi connectivity index (χ1n) is 9.78. The highest BCUT2D eigenvalue weighted by atomic mass is 32.2. The summed E-state index contributed by atoms with van der Waals surface area (Å²) in [5.74, 6) is 4.57. The van der Waals surface area contributed by atoms with Crippen LogP contribution in [-0.2, 0) is 32.5 Å². The molecule has 1 aliphatic heterocycles. The number of thiophene rings is 1. The van der Waals surface area contributed by atoms with Crippen molar-refractivity contribution in [2.75, 3.05) is 26.7 Å². The molecule has 1 saturated carbocycles. The van der Waals surface area contributed by atoms with Gasteiger partial charge in [0.05, 0.1) is 19.2 Å². The van der Waals surface area contributed by atoms with E-state index >= 15 is 0 Å². The summed E-state index contributed by atoms with van der Waals surface area (Å²) in [7, 11) is -2.57. The Kier molecular flexibility index (Phi) is 6.66. The number of fused-ring (bicyclic) bond motifs is 1.